The summed E-state index contributed by atoms with van der Waals surface area (Å²) in [6.07, 6.45) is -0.322. The zero-order valence-corrected chi connectivity index (χ0v) is 11.5. The molecule has 0 radical (unpaired) electrons. The Morgan fingerprint density at radius 2 is 2.12 bits per heavy atom. The molecule has 0 aliphatic heterocycles. The van der Waals surface area contributed by atoms with E-state index in [0.29, 0.717) is 6.54 Å². The molecule has 0 atom stereocenters. The molecule has 0 N–H and O–H groups in total. The van der Waals surface area contributed by atoms with E-state index in [0.717, 1.165) is 9.21 Å². The first-order valence-corrected chi connectivity index (χ1v) is 6.16. The summed E-state index contributed by atoms with van der Waals surface area (Å²) in [4.78, 5) is 14.2. The van der Waals surface area contributed by atoms with E-state index in [1.165, 1.54) is 16.2 Å². The number of hydrogen-bond acceptors (Lipinski definition) is 3. The van der Waals surface area contributed by atoms with E-state index in [4.69, 9.17) is 16.3 Å². The van der Waals surface area contributed by atoms with E-state index in [-0.39, 0.29) is 6.09 Å². The van der Waals surface area contributed by atoms with Crippen molar-refractivity contribution in [2.75, 3.05) is 7.05 Å². The van der Waals surface area contributed by atoms with E-state index >= 15 is 0 Å². The highest BCUT2D eigenvalue weighted by molar-refractivity contribution is 7.16. The van der Waals surface area contributed by atoms with Crippen LogP contribution in [0.1, 0.15) is 25.6 Å². The molecule has 0 spiro atoms. The van der Waals surface area contributed by atoms with Crippen LogP contribution in [0.5, 0.6) is 0 Å². The first-order valence-electron chi connectivity index (χ1n) is 4.96. The number of rotatable bonds is 2. The van der Waals surface area contributed by atoms with Crippen molar-refractivity contribution in [1.29, 1.82) is 0 Å². The smallest absolute Gasteiger partial charge is 0.410 e. The Hall–Kier alpha value is -0.740. The lowest BCUT2D eigenvalue weighted by molar-refractivity contribution is 0.0287. The molecule has 0 aromatic carbocycles. The first-order chi connectivity index (χ1) is 7.28. The van der Waals surface area contributed by atoms with Crippen molar-refractivity contribution in [2.24, 2.45) is 0 Å². The highest BCUT2D eigenvalue weighted by Gasteiger charge is 2.19. The minimum atomic E-state index is -0.460. The number of ether oxygens (including phenoxy) is 1. The van der Waals surface area contributed by atoms with Crippen molar-refractivity contribution in [3.63, 3.8) is 0 Å². The van der Waals surface area contributed by atoms with Crippen LogP contribution in [-0.4, -0.2) is 23.6 Å². The van der Waals surface area contributed by atoms with Crippen molar-refractivity contribution < 1.29 is 9.53 Å². The van der Waals surface area contributed by atoms with Crippen molar-refractivity contribution >= 4 is 29.0 Å². The maximum absolute atomic E-state index is 11.6. The molecular formula is C11H16ClNO2S. The van der Waals surface area contributed by atoms with Crippen LogP contribution >= 0.6 is 22.9 Å². The van der Waals surface area contributed by atoms with Crippen molar-refractivity contribution in [2.45, 2.75) is 32.9 Å². The second-order valence-electron chi connectivity index (χ2n) is 4.54. The average molecular weight is 262 g/mol. The molecule has 1 aromatic heterocycles. The van der Waals surface area contributed by atoms with Gasteiger partial charge in [0, 0.05) is 11.9 Å². The molecule has 0 saturated carbocycles. The van der Waals surface area contributed by atoms with E-state index in [1.807, 2.05) is 32.9 Å². The van der Waals surface area contributed by atoms with Crippen LogP contribution in [0.2, 0.25) is 4.34 Å². The lowest BCUT2D eigenvalue weighted by Gasteiger charge is -2.24. The lowest BCUT2D eigenvalue weighted by Crippen LogP contribution is -2.33. The summed E-state index contributed by atoms with van der Waals surface area (Å²) in [6, 6.07) is 3.73. The molecule has 1 rings (SSSR count). The van der Waals surface area contributed by atoms with Gasteiger partial charge in [-0.15, -0.1) is 11.3 Å². The maximum atomic E-state index is 11.6. The van der Waals surface area contributed by atoms with Gasteiger partial charge in [-0.2, -0.15) is 0 Å². The molecule has 5 heteroatoms. The number of amides is 1. The molecule has 1 aromatic rings. The van der Waals surface area contributed by atoms with Crippen LogP contribution in [0.15, 0.2) is 12.1 Å². The predicted molar refractivity (Wildman–Crippen MR) is 67.0 cm³/mol. The van der Waals surface area contributed by atoms with Crippen molar-refractivity contribution in [1.82, 2.24) is 4.90 Å². The van der Waals surface area contributed by atoms with Gasteiger partial charge in [0.1, 0.15) is 5.60 Å². The molecule has 1 heterocycles. The number of carbonyl (C=O) groups excluding carboxylic acids is 1. The molecular weight excluding hydrogens is 246 g/mol. The van der Waals surface area contributed by atoms with Gasteiger partial charge in [-0.3, -0.25) is 0 Å². The topological polar surface area (TPSA) is 29.5 Å². The second-order valence-corrected chi connectivity index (χ2v) is 6.34. The summed E-state index contributed by atoms with van der Waals surface area (Å²) in [5, 5.41) is 0. The zero-order valence-electron chi connectivity index (χ0n) is 9.91. The molecule has 0 aliphatic rings. The highest BCUT2D eigenvalue weighted by atomic mass is 35.5. The van der Waals surface area contributed by atoms with Crippen molar-refractivity contribution in [3.05, 3.63) is 21.3 Å². The van der Waals surface area contributed by atoms with E-state index < -0.39 is 5.60 Å². The Morgan fingerprint density at radius 1 is 1.50 bits per heavy atom. The van der Waals surface area contributed by atoms with Crippen LogP contribution in [-0.2, 0) is 11.3 Å². The van der Waals surface area contributed by atoms with Gasteiger partial charge in [-0.25, -0.2) is 4.79 Å². The van der Waals surface area contributed by atoms with Crippen LogP contribution in [0.3, 0.4) is 0 Å². The van der Waals surface area contributed by atoms with Gasteiger partial charge >= 0.3 is 6.09 Å². The third-order valence-electron chi connectivity index (χ3n) is 1.73. The van der Waals surface area contributed by atoms with E-state index in [9.17, 15) is 4.79 Å². The van der Waals surface area contributed by atoms with Gasteiger partial charge in [0.05, 0.1) is 10.9 Å². The van der Waals surface area contributed by atoms with Gasteiger partial charge < -0.3 is 9.64 Å². The summed E-state index contributed by atoms with van der Waals surface area (Å²) in [5.74, 6) is 0. The summed E-state index contributed by atoms with van der Waals surface area (Å²) < 4.78 is 5.97. The van der Waals surface area contributed by atoms with Gasteiger partial charge in [-0.1, -0.05) is 11.6 Å². The first kappa shape index (κ1) is 13.3. The Morgan fingerprint density at radius 3 is 2.56 bits per heavy atom. The van der Waals surface area contributed by atoms with Crippen LogP contribution in [0, 0.1) is 0 Å². The van der Waals surface area contributed by atoms with Gasteiger partial charge in [0.15, 0.2) is 0 Å². The van der Waals surface area contributed by atoms with E-state index in [2.05, 4.69) is 0 Å². The Bertz CT molecular complexity index is 370. The lowest BCUT2D eigenvalue weighted by atomic mass is 10.2. The summed E-state index contributed by atoms with van der Waals surface area (Å²) >= 11 is 7.28. The molecule has 0 bridgehead atoms. The van der Waals surface area contributed by atoms with Crippen LogP contribution < -0.4 is 0 Å². The monoisotopic (exact) mass is 261 g/mol. The highest BCUT2D eigenvalue weighted by Crippen LogP contribution is 2.22. The number of nitrogens with zero attached hydrogens (tertiary/aromatic N) is 1. The fraction of sp³-hybridized carbons (Fsp3) is 0.545. The summed E-state index contributed by atoms with van der Waals surface area (Å²) in [5.41, 5.74) is -0.460. The molecule has 90 valence electrons. The average Bonchev–Trinajstić information content (AvgIpc) is 2.48. The summed E-state index contributed by atoms with van der Waals surface area (Å²) in [7, 11) is 1.71. The number of hydrogen-bond donors (Lipinski definition) is 0. The van der Waals surface area contributed by atoms with Gasteiger partial charge in [0.25, 0.3) is 0 Å². The quantitative estimate of drug-likeness (QED) is 0.811. The molecule has 0 aliphatic carbocycles. The number of carbonyl (C=O) groups is 1. The third-order valence-corrected chi connectivity index (χ3v) is 2.94. The number of halogens is 1. The molecule has 0 unspecified atom stereocenters. The Kier molecular flexibility index (Phi) is 4.21. The molecule has 1 amide bonds. The Balaban J connectivity index is 2.52. The molecule has 16 heavy (non-hydrogen) atoms. The van der Waals surface area contributed by atoms with Gasteiger partial charge in [0.2, 0.25) is 0 Å². The SMILES string of the molecule is CN(Cc1ccc(Cl)s1)C(=O)OC(C)(C)C. The van der Waals surface area contributed by atoms with E-state index in [1.54, 1.807) is 7.05 Å². The van der Waals surface area contributed by atoms with Crippen LogP contribution in [0.25, 0.3) is 0 Å². The molecule has 0 saturated heterocycles. The van der Waals surface area contributed by atoms with Crippen LogP contribution in [0.4, 0.5) is 4.79 Å². The fourth-order valence-corrected chi connectivity index (χ4v) is 2.22. The van der Waals surface area contributed by atoms with Crippen molar-refractivity contribution in [3.8, 4) is 0 Å². The minimum absolute atomic E-state index is 0.322. The Labute approximate surface area is 105 Å². The normalized spacial score (nSPS) is 11.3. The van der Waals surface area contributed by atoms with Gasteiger partial charge in [-0.05, 0) is 32.9 Å². The molecule has 3 nitrogen and oxygen atoms in total. The standard InChI is InChI=1S/C11H16ClNO2S/c1-11(2,3)15-10(14)13(4)7-8-5-6-9(12)16-8/h5-6H,7H2,1-4H3. The summed E-state index contributed by atoms with van der Waals surface area (Å²) in [6.45, 7) is 6.06. The second kappa shape index (κ2) is 5.06. The number of thiophene rings is 1. The maximum Gasteiger partial charge on any atom is 0.410 e. The minimum Gasteiger partial charge on any atom is -0.444 e. The largest absolute Gasteiger partial charge is 0.444 e. The third kappa shape index (κ3) is 4.41. The predicted octanol–water partition coefficient (Wildman–Crippen LogP) is 3.77. The zero-order chi connectivity index (χ0) is 12.3. The molecule has 0 fully saturated rings. The fourth-order valence-electron chi connectivity index (χ4n) is 1.07.